The van der Waals surface area contributed by atoms with E-state index < -0.39 is 23.6 Å². The molecule has 0 saturated heterocycles. The fourth-order valence-corrected chi connectivity index (χ4v) is 2.76. The lowest BCUT2D eigenvalue weighted by Gasteiger charge is -2.15. The Morgan fingerprint density at radius 1 is 1.14 bits per heavy atom. The van der Waals surface area contributed by atoms with E-state index in [1.165, 1.54) is 13.0 Å². The average molecular weight is 380 g/mol. The van der Waals surface area contributed by atoms with Crippen LogP contribution in [0.4, 0.5) is 0 Å². The third kappa shape index (κ3) is 4.56. The fraction of sp³-hybridized carbons (Fsp3) is 0.190. The van der Waals surface area contributed by atoms with Crippen molar-refractivity contribution in [2.75, 3.05) is 6.54 Å². The van der Waals surface area contributed by atoms with E-state index >= 15 is 0 Å². The number of hydrogen-bond donors (Lipinski definition) is 1. The summed E-state index contributed by atoms with van der Waals surface area (Å²) >= 11 is 0. The number of amides is 1. The van der Waals surface area contributed by atoms with Crippen molar-refractivity contribution in [3.63, 3.8) is 0 Å². The van der Waals surface area contributed by atoms with E-state index in [0.29, 0.717) is 11.3 Å². The third-order valence-electron chi connectivity index (χ3n) is 4.11. The molecule has 7 nitrogen and oxygen atoms in total. The van der Waals surface area contributed by atoms with Gasteiger partial charge in [0, 0.05) is 36.5 Å². The summed E-state index contributed by atoms with van der Waals surface area (Å²) in [7, 11) is 0. The molecule has 1 aromatic heterocycles. The van der Waals surface area contributed by atoms with E-state index in [0.717, 1.165) is 16.5 Å². The van der Waals surface area contributed by atoms with Crippen molar-refractivity contribution in [2.45, 2.75) is 19.4 Å². The molecule has 0 radical (unpaired) electrons. The van der Waals surface area contributed by atoms with Crippen molar-refractivity contribution < 1.29 is 23.8 Å². The summed E-state index contributed by atoms with van der Waals surface area (Å²) in [6.45, 7) is 1.50. The number of ether oxygens (including phenoxy) is 1. The van der Waals surface area contributed by atoms with Gasteiger partial charge in [0.1, 0.15) is 11.3 Å². The Hall–Kier alpha value is -3.61. The van der Waals surface area contributed by atoms with Crippen LogP contribution in [0.2, 0.25) is 0 Å². The smallest absolute Gasteiger partial charge is 0.336 e. The van der Waals surface area contributed by atoms with Crippen LogP contribution >= 0.6 is 0 Å². The van der Waals surface area contributed by atoms with Crippen molar-refractivity contribution in [3.05, 3.63) is 65.0 Å². The number of nitrogens with one attached hydrogen (secondary N) is 1. The molecule has 3 aromatic rings. The molecule has 1 amide bonds. The molecule has 3 rings (SSSR count). The Labute approximate surface area is 160 Å². The number of aliphatic carboxylic acids is 1. The molecule has 0 aliphatic carbocycles. The van der Waals surface area contributed by atoms with Crippen LogP contribution in [-0.2, 0) is 9.59 Å². The predicted octanol–water partition coefficient (Wildman–Crippen LogP) is 1.48. The zero-order chi connectivity index (χ0) is 20.1. The molecule has 2 aromatic carbocycles. The Balaban J connectivity index is 1.82. The molecular weight excluding hydrogens is 362 g/mol. The minimum absolute atomic E-state index is 0.0398. The summed E-state index contributed by atoms with van der Waals surface area (Å²) in [5.74, 6) is -1.35. The van der Waals surface area contributed by atoms with E-state index in [9.17, 15) is 19.5 Å². The van der Waals surface area contributed by atoms with Crippen LogP contribution < -0.4 is 20.8 Å². The van der Waals surface area contributed by atoms with E-state index in [1.54, 1.807) is 18.2 Å². The van der Waals surface area contributed by atoms with E-state index in [1.807, 2.05) is 30.3 Å². The second-order valence-electron chi connectivity index (χ2n) is 6.18. The Morgan fingerprint density at radius 2 is 1.89 bits per heavy atom. The van der Waals surface area contributed by atoms with Gasteiger partial charge in [-0.25, -0.2) is 4.79 Å². The highest BCUT2D eigenvalue weighted by molar-refractivity contribution is 5.93. The van der Waals surface area contributed by atoms with Gasteiger partial charge < -0.3 is 24.4 Å². The number of carboxylic acids is 1. The lowest BCUT2D eigenvalue weighted by molar-refractivity contribution is -0.305. The second kappa shape index (κ2) is 8.39. The van der Waals surface area contributed by atoms with Crippen LogP contribution in [-0.4, -0.2) is 24.5 Å². The SMILES string of the molecule is C[C@@H](Oc1ccc2c(-c3ccccc3)cc(=O)oc2c1)C(=O)NCCC(=O)[O-]. The van der Waals surface area contributed by atoms with Gasteiger partial charge in [0.05, 0.1) is 0 Å². The summed E-state index contributed by atoms with van der Waals surface area (Å²) < 4.78 is 10.9. The molecule has 0 saturated carbocycles. The van der Waals surface area contributed by atoms with Crippen LogP contribution in [0.1, 0.15) is 13.3 Å². The van der Waals surface area contributed by atoms with Crippen molar-refractivity contribution in [1.29, 1.82) is 0 Å². The van der Waals surface area contributed by atoms with Crippen molar-refractivity contribution in [3.8, 4) is 16.9 Å². The largest absolute Gasteiger partial charge is 0.550 e. The van der Waals surface area contributed by atoms with Crippen LogP contribution in [0, 0.1) is 0 Å². The van der Waals surface area contributed by atoms with Crippen LogP contribution in [0.5, 0.6) is 5.75 Å². The van der Waals surface area contributed by atoms with Gasteiger partial charge in [0.25, 0.3) is 5.91 Å². The maximum atomic E-state index is 12.0. The summed E-state index contributed by atoms with van der Waals surface area (Å²) in [5.41, 5.74) is 1.48. The topological polar surface area (TPSA) is 109 Å². The molecule has 0 aliphatic heterocycles. The van der Waals surface area contributed by atoms with Gasteiger partial charge in [-0.15, -0.1) is 0 Å². The number of carbonyl (C=O) groups excluding carboxylic acids is 2. The van der Waals surface area contributed by atoms with Crippen molar-refractivity contribution in [1.82, 2.24) is 5.32 Å². The average Bonchev–Trinajstić information content (AvgIpc) is 2.67. The first-order valence-electron chi connectivity index (χ1n) is 8.71. The molecular formula is C21H18NO6-. The van der Waals surface area contributed by atoms with Gasteiger partial charge in [-0.3, -0.25) is 4.79 Å². The monoisotopic (exact) mass is 380 g/mol. The molecule has 0 fully saturated rings. The highest BCUT2D eigenvalue weighted by Gasteiger charge is 2.15. The predicted molar refractivity (Wildman–Crippen MR) is 101 cm³/mol. The first kappa shape index (κ1) is 19.2. The molecule has 144 valence electrons. The maximum Gasteiger partial charge on any atom is 0.336 e. The summed E-state index contributed by atoms with van der Waals surface area (Å²) in [4.78, 5) is 34.3. The lowest BCUT2D eigenvalue weighted by atomic mass is 10.0. The highest BCUT2D eigenvalue weighted by Crippen LogP contribution is 2.29. The van der Waals surface area contributed by atoms with Gasteiger partial charge in [-0.2, -0.15) is 0 Å². The molecule has 28 heavy (non-hydrogen) atoms. The fourth-order valence-electron chi connectivity index (χ4n) is 2.76. The Morgan fingerprint density at radius 3 is 2.61 bits per heavy atom. The molecule has 1 heterocycles. The van der Waals surface area contributed by atoms with Crippen molar-refractivity contribution >= 4 is 22.8 Å². The van der Waals surface area contributed by atoms with Gasteiger partial charge in [-0.1, -0.05) is 30.3 Å². The third-order valence-corrected chi connectivity index (χ3v) is 4.11. The van der Waals surface area contributed by atoms with Crippen LogP contribution in [0.3, 0.4) is 0 Å². The molecule has 0 bridgehead atoms. The van der Waals surface area contributed by atoms with Gasteiger partial charge >= 0.3 is 5.63 Å². The van der Waals surface area contributed by atoms with Crippen LogP contribution in [0.15, 0.2) is 63.8 Å². The van der Waals surface area contributed by atoms with Gasteiger partial charge in [-0.05, 0) is 30.2 Å². The minimum atomic E-state index is -1.24. The molecule has 1 atom stereocenters. The van der Waals surface area contributed by atoms with Gasteiger partial charge in [0.15, 0.2) is 6.10 Å². The summed E-state index contributed by atoms with van der Waals surface area (Å²) in [6, 6.07) is 15.9. The number of carbonyl (C=O) groups is 2. The zero-order valence-electron chi connectivity index (χ0n) is 15.1. The number of benzene rings is 2. The number of fused-ring (bicyclic) bond motifs is 1. The molecule has 0 spiro atoms. The quantitative estimate of drug-likeness (QED) is 0.622. The van der Waals surface area contributed by atoms with E-state index in [2.05, 4.69) is 5.32 Å². The first-order chi connectivity index (χ1) is 13.4. The molecule has 1 N–H and O–H groups in total. The minimum Gasteiger partial charge on any atom is -0.550 e. The summed E-state index contributed by atoms with van der Waals surface area (Å²) in [5, 5.41) is 13.6. The first-order valence-corrected chi connectivity index (χ1v) is 8.71. The second-order valence-corrected chi connectivity index (χ2v) is 6.18. The van der Waals surface area contributed by atoms with E-state index in [-0.39, 0.29) is 13.0 Å². The Bertz CT molecular complexity index is 1060. The molecule has 7 heteroatoms. The number of rotatable bonds is 7. The standard InChI is InChI=1S/C21H19NO6/c1-13(21(26)22-10-9-19(23)24)27-15-7-8-16-17(14-5-3-2-4-6-14)12-20(25)28-18(16)11-15/h2-8,11-13H,9-10H2,1H3,(H,22,26)(H,23,24)/p-1/t13-/m1/s1. The summed E-state index contributed by atoms with van der Waals surface area (Å²) in [6.07, 6.45) is -1.13. The molecule has 0 unspecified atom stereocenters. The normalized spacial score (nSPS) is 11.8. The number of hydrogen-bond acceptors (Lipinski definition) is 6. The van der Waals surface area contributed by atoms with Crippen molar-refractivity contribution in [2.24, 2.45) is 0 Å². The maximum absolute atomic E-state index is 12.0. The lowest BCUT2D eigenvalue weighted by Crippen LogP contribution is -2.38. The molecule has 0 aliphatic rings. The zero-order valence-corrected chi connectivity index (χ0v) is 15.1. The van der Waals surface area contributed by atoms with Crippen LogP contribution in [0.25, 0.3) is 22.1 Å². The van der Waals surface area contributed by atoms with Gasteiger partial charge in [0.2, 0.25) is 0 Å². The Kier molecular flexibility index (Phi) is 5.74. The highest BCUT2D eigenvalue weighted by atomic mass is 16.5. The van der Waals surface area contributed by atoms with E-state index in [4.69, 9.17) is 9.15 Å². The number of carboxylic acid groups (broad SMARTS) is 1.